The number of rotatable bonds is 11. The summed E-state index contributed by atoms with van der Waals surface area (Å²) in [5.41, 5.74) is 0.367. The third kappa shape index (κ3) is 9.08. The highest BCUT2D eigenvalue weighted by atomic mass is 32.1. The highest BCUT2D eigenvalue weighted by molar-refractivity contribution is 7.59. The standard InChI is InChI=1S/C17H33NO4.2H2S/c1-2-3-4-5-6-7-8-9-10-18-14-11-13(12-19)15(20)17(22)16(14)21;;/h11,14-22H,2-10,12H2,1H3;2*1H2/t14-,15-,16?,17+;;/m1../s1. The summed E-state index contributed by atoms with van der Waals surface area (Å²) in [5, 5.41) is 41.8. The zero-order chi connectivity index (χ0) is 16.4. The average Bonchev–Trinajstić information content (AvgIpc) is 2.53. The minimum Gasteiger partial charge on any atom is -0.392 e. The molecule has 0 heterocycles. The zero-order valence-electron chi connectivity index (χ0n) is 14.7. The van der Waals surface area contributed by atoms with Crippen molar-refractivity contribution in [2.24, 2.45) is 0 Å². The molecule has 0 amide bonds. The lowest BCUT2D eigenvalue weighted by molar-refractivity contribution is -0.0641. The first-order valence-corrected chi connectivity index (χ1v) is 8.70. The van der Waals surface area contributed by atoms with E-state index in [9.17, 15) is 15.3 Å². The quantitative estimate of drug-likeness (QED) is 0.274. The van der Waals surface area contributed by atoms with E-state index in [2.05, 4.69) is 12.2 Å². The maximum absolute atomic E-state index is 9.95. The van der Waals surface area contributed by atoms with Gasteiger partial charge in [0.1, 0.15) is 18.3 Å². The Labute approximate surface area is 160 Å². The number of nitrogens with one attached hydrogen (secondary N) is 1. The van der Waals surface area contributed by atoms with Crippen molar-refractivity contribution < 1.29 is 20.4 Å². The molecule has 4 atom stereocenters. The largest absolute Gasteiger partial charge is 0.392 e. The van der Waals surface area contributed by atoms with Crippen molar-refractivity contribution in [3.8, 4) is 0 Å². The predicted octanol–water partition coefficient (Wildman–Crippen LogP) is 1.33. The molecule has 1 aliphatic rings. The monoisotopic (exact) mass is 383 g/mol. The molecule has 1 aliphatic carbocycles. The van der Waals surface area contributed by atoms with E-state index in [-0.39, 0.29) is 33.6 Å². The van der Waals surface area contributed by atoms with E-state index in [1.54, 1.807) is 6.08 Å². The summed E-state index contributed by atoms with van der Waals surface area (Å²) >= 11 is 0. The maximum Gasteiger partial charge on any atom is 0.111 e. The lowest BCUT2D eigenvalue weighted by atomic mass is 9.88. The molecule has 0 aromatic carbocycles. The van der Waals surface area contributed by atoms with Crippen LogP contribution in [-0.4, -0.2) is 57.9 Å². The van der Waals surface area contributed by atoms with Crippen LogP contribution in [0, 0.1) is 0 Å². The van der Waals surface area contributed by atoms with Gasteiger partial charge in [-0.3, -0.25) is 0 Å². The van der Waals surface area contributed by atoms with Crippen LogP contribution in [0.5, 0.6) is 0 Å². The lowest BCUT2D eigenvalue weighted by Gasteiger charge is -2.34. The average molecular weight is 384 g/mol. The SMILES string of the molecule is CCCCCCCCCCN[C@@H]1C=C(CO)[C@@H](O)[C@H](O)C1O.S.S. The van der Waals surface area contributed by atoms with E-state index in [1.165, 1.54) is 38.5 Å². The Morgan fingerprint density at radius 2 is 1.42 bits per heavy atom. The molecule has 0 bridgehead atoms. The Morgan fingerprint density at radius 3 is 1.96 bits per heavy atom. The molecule has 0 radical (unpaired) electrons. The van der Waals surface area contributed by atoms with Crippen LogP contribution in [0.15, 0.2) is 11.6 Å². The van der Waals surface area contributed by atoms with Gasteiger partial charge in [0.2, 0.25) is 0 Å². The van der Waals surface area contributed by atoms with Gasteiger partial charge in [0.25, 0.3) is 0 Å². The highest BCUT2D eigenvalue weighted by Gasteiger charge is 2.36. The molecule has 7 heteroatoms. The minimum absolute atomic E-state index is 0. The van der Waals surface area contributed by atoms with Crippen LogP contribution in [0.1, 0.15) is 58.3 Å². The molecule has 5 nitrogen and oxygen atoms in total. The number of unbranched alkanes of at least 4 members (excludes halogenated alkanes) is 7. The van der Waals surface area contributed by atoms with Gasteiger partial charge >= 0.3 is 0 Å². The second-order valence-electron chi connectivity index (χ2n) is 6.28. The summed E-state index contributed by atoms with van der Waals surface area (Å²) in [6.45, 7) is 2.67. The topological polar surface area (TPSA) is 93.0 Å². The van der Waals surface area contributed by atoms with Crippen molar-refractivity contribution in [2.75, 3.05) is 13.2 Å². The van der Waals surface area contributed by atoms with Crippen molar-refractivity contribution in [1.29, 1.82) is 0 Å². The summed E-state index contributed by atoms with van der Waals surface area (Å²) in [6.07, 6.45) is 8.11. The van der Waals surface area contributed by atoms with Crippen LogP contribution >= 0.6 is 27.0 Å². The third-order valence-corrected chi connectivity index (χ3v) is 4.41. The molecule has 0 aromatic heterocycles. The van der Waals surface area contributed by atoms with E-state index in [4.69, 9.17) is 5.11 Å². The van der Waals surface area contributed by atoms with Gasteiger partial charge in [-0.15, -0.1) is 0 Å². The van der Waals surface area contributed by atoms with Gasteiger partial charge in [-0.25, -0.2) is 0 Å². The first-order chi connectivity index (χ1) is 10.6. The van der Waals surface area contributed by atoms with E-state index in [1.807, 2.05) is 0 Å². The van der Waals surface area contributed by atoms with Gasteiger partial charge in [0.15, 0.2) is 0 Å². The summed E-state index contributed by atoms with van der Waals surface area (Å²) in [5.74, 6) is 0. The molecule has 0 aliphatic heterocycles. The maximum atomic E-state index is 9.95. The van der Waals surface area contributed by atoms with Gasteiger partial charge in [0, 0.05) is 0 Å². The zero-order valence-corrected chi connectivity index (χ0v) is 16.7. The van der Waals surface area contributed by atoms with Crippen molar-refractivity contribution in [1.82, 2.24) is 5.32 Å². The van der Waals surface area contributed by atoms with Gasteiger partial charge in [-0.05, 0) is 18.5 Å². The molecular formula is C17H37NO4S2. The first kappa shape index (κ1) is 26.5. The Kier molecular flexibility index (Phi) is 17.1. The van der Waals surface area contributed by atoms with Crippen LogP contribution < -0.4 is 5.32 Å². The molecule has 0 saturated carbocycles. The Balaban J connectivity index is 0. The van der Waals surface area contributed by atoms with Crippen LogP contribution in [0.25, 0.3) is 0 Å². The summed E-state index contributed by atoms with van der Waals surface area (Å²) in [7, 11) is 0. The number of aliphatic hydroxyl groups is 4. The van der Waals surface area contributed by atoms with Crippen molar-refractivity contribution in [3.05, 3.63) is 11.6 Å². The highest BCUT2D eigenvalue weighted by Crippen LogP contribution is 2.20. The Hall–Kier alpha value is 0.240. The van der Waals surface area contributed by atoms with Crippen LogP contribution in [0.2, 0.25) is 0 Å². The van der Waals surface area contributed by atoms with Crippen molar-refractivity contribution in [2.45, 2.75) is 82.6 Å². The van der Waals surface area contributed by atoms with Gasteiger partial charge in [-0.1, -0.05) is 57.9 Å². The third-order valence-electron chi connectivity index (χ3n) is 4.41. The predicted molar refractivity (Wildman–Crippen MR) is 108 cm³/mol. The second kappa shape index (κ2) is 15.5. The molecule has 0 saturated heterocycles. The van der Waals surface area contributed by atoms with E-state index in [0.29, 0.717) is 5.57 Å². The van der Waals surface area contributed by atoms with Crippen molar-refractivity contribution in [3.63, 3.8) is 0 Å². The Morgan fingerprint density at radius 1 is 0.875 bits per heavy atom. The van der Waals surface area contributed by atoms with Gasteiger partial charge < -0.3 is 25.7 Å². The first-order valence-electron chi connectivity index (χ1n) is 8.70. The molecule has 0 spiro atoms. The molecule has 1 rings (SSSR count). The van der Waals surface area contributed by atoms with Gasteiger partial charge in [0.05, 0.1) is 12.6 Å². The van der Waals surface area contributed by atoms with Crippen LogP contribution in [0.3, 0.4) is 0 Å². The summed E-state index contributed by atoms with van der Waals surface area (Å²) in [6, 6.07) is -0.412. The molecule has 24 heavy (non-hydrogen) atoms. The van der Waals surface area contributed by atoms with E-state index < -0.39 is 24.4 Å². The second-order valence-corrected chi connectivity index (χ2v) is 6.28. The van der Waals surface area contributed by atoms with Gasteiger partial charge in [-0.2, -0.15) is 27.0 Å². The smallest absolute Gasteiger partial charge is 0.111 e. The minimum atomic E-state index is -1.25. The van der Waals surface area contributed by atoms with E-state index in [0.717, 1.165) is 19.4 Å². The summed E-state index contributed by atoms with van der Waals surface area (Å²) in [4.78, 5) is 0. The normalized spacial score (nSPS) is 26.3. The molecule has 0 fully saturated rings. The fraction of sp³-hybridized carbons (Fsp3) is 0.882. The van der Waals surface area contributed by atoms with E-state index >= 15 is 0 Å². The lowest BCUT2D eigenvalue weighted by Crippen LogP contribution is -2.54. The fourth-order valence-electron chi connectivity index (χ4n) is 2.90. The number of hydrogen-bond acceptors (Lipinski definition) is 5. The molecular weight excluding hydrogens is 346 g/mol. The molecule has 146 valence electrons. The van der Waals surface area contributed by atoms with Crippen LogP contribution in [-0.2, 0) is 0 Å². The summed E-state index contributed by atoms with van der Waals surface area (Å²) < 4.78 is 0. The van der Waals surface area contributed by atoms with Crippen LogP contribution in [0.4, 0.5) is 0 Å². The number of hydrogen-bond donors (Lipinski definition) is 5. The fourth-order valence-corrected chi connectivity index (χ4v) is 2.90. The number of aliphatic hydroxyl groups excluding tert-OH is 4. The van der Waals surface area contributed by atoms with Crippen molar-refractivity contribution >= 4 is 27.0 Å². The molecule has 0 aromatic rings. The molecule has 1 unspecified atom stereocenters. The molecule has 5 N–H and O–H groups in total. The Bertz CT molecular complexity index is 332.